The first-order valence-electron chi connectivity index (χ1n) is 6.74. The molecule has 0 aliphatic heterocycles. The third kappa shape index (κ3) is 6.34. The monoisotopic (exact) mass is 266 g/mol. The molecular formula is C15H23FN2O. The highest BCUT2D eigenvalue weighted by Crippen LogP contribution is 2.08. The van der Waals surface area contributed by atoms with Gasteiger partial charge in [-0.15, -0.1) is 0 Å². The first kappa shape index (κ1) is 15.6. The minimum Gasteiger partial charge on any atom is -0.352 e. The predicted octanol–water partition coefficient (Wildman–Crippen LogP) is 2.53. The molecule has 0 fully saturated rings. The molecule has 1 amide bonds. The van der Waals surface area contributed by atoms with Crippen LogP contribution in [0.15, 0.2) is 18.2 Å². The molecule has 19 heavy (non-hydrogen) atoms. The molecule has 0 saturated carbocycles. The van der Waals surface area contributed by atoms with Gasteiger partial charge in [-0.1, -0.05) is 26.0 Å². The molecule has 0 unspecified atom stereocenters. The van der Waals surface area contributed by atoms with Crippen molar-refractivity contribution in [2.24, 2.45) is 0 Å². The molecule has 0 aliphatic rings. The molecule has 0 bridgehead atoms. The van der Waals surface area contributed by atoms with Crippen LogP contribution in [-0.2, 0) is 11.3 Å². The third-order valence-corrected chi connectivity index (χ3v) is 2.86. The fourth-order valence-corrected chi connectivity index (χ4v) is 1.68. The third-order valence-electron chi connectivity index (χ3n) is 2.86. The topological polar surface area (TPSA) is 41.1 Å². The van der Waals surface area contributed by atoms with Crippen LogP contribution in [0.3, 0.4) is 0 Å². The summed E-state index contributed by atoms with van der Waals surface area (Å²) in [6.45, 7) is 7.09. The lowest BCUT2D eigenvalue weighted by molar-refractivity contribution is -0.121. The normalized spacial score (nSPS) is 10.8. The minimum absolute atomic E-state index is 0.00605. The van der Waals surface area contributed by atoms with Gasteiger partial charge in [-0.05, 0) is 37.1 Å². The van der Waals surface area contributed by atoms with Crippen molar-refractivity contribution in [3.8, 4) is 0 Å². The van der Waals surface area contributed by atoms with E-state index in [-0.39, 0.29) is 11.7 Å². The van der Waals surface area contributed by atoms with Gasteiger partial charge in [0.25, 0.3) is 0 Å². The van der Waals surface area contributed by atoms with E-state index in [9.17, 15) is 9.18 Å². The number of carbonyl (C=O) groups is 1. The predicted molar refractivity (Wildman–Crippen MR) is 75.4 cm³/mol. The van der Waals surface area contributed by atoms with Crippen LogP contribution < -0.4 is 10.6 Å². The van der Waals surface area contributed by atoms with Crippen LogP contribution in [0.4, 0.5) is 4.39 Å². The van der Waals surface area contributed by atoms with E-state index in [0.717, 1.165) is 18.5 Å². The van der Waals surface area contributed by atoms with Crippen LogP contribution in [0.5, 0.6) is 0 Å². The maximum absolute atomic E-state index is 13.3. The Labute approximate surface area is 114 Å². The van der Waals surface area contributed by atoms with Gasteiger partial charge in [0.05, 0.1) is 0 Å². The molecule has 0 spiro atoms. The van der Waals surface area contributed by atoms with Gasteiger partial charge < -0.3 is 10.6 Å². The molecule has 3 nitrogen and oxygen atoms in total. The van der Waals surface area contributed by atoms with Crippen LogP contribution in [0.2, 0.25) is 0 Å². The number of benzene rings is 1. The minimum atomic E-state index is -0.229. The van der Waals surface area contributed by atoms with Crippen LogP contribution in [0.25, 0.3) is 0 Å². The smallest absolute Gasteiger partial charge is 0.220 e. The zero-order valence-electron chi connectivity index (χ0n) is 11.9. The Kier molecular flexibility index (Phi) is 6.50. The molecule has 2 N–H and O–H groups in total. The molecule has 0 aliphatic carbocycles. The molecule has 0 heterocycles. The largest absolute Gasteiger partial charge is 0.352 e. The number of halogens is 1. The highest BCUT2D eigenvalue weighted by Gasteiger charge is 2.03. The Bertz CT molecular complexity index is 419. The van der Waals surface area contributed by atoms with Crippen molar-refractivity contribution >= 4 is 5.91 Å². The quantitative estimate of drug-likeness (QED) is 0.745. The van der Waals surface area contributed by atoms with Crippen LogP contribution in [0, 0.1) is 12.7 Å². The number of nitrogens with one attached hydrogen (secondary N) is 2. The molecule has 1 aromatic rings. The summed E-state index contributed by atoms with van der Waals surface area (Å²) in [5.41, 5.74) is 1.41. The Morgan fingerprint density at radius 1 is 1.37 bits per heavy atom. The lowest BCUT2D eigenvalue weighted by atomic mass is 10.1. The van der Waals surface area contributed by atoms with Gasteiger partial charge in [-0.2, -0.15) is 0 Å². The van der Waals surface area contributed by atoms with E-state index >= 15 is 0 Å². The second-order valence-corrected chi connectivity index (χ2v) is 5.07. The average Bonchev–Trinajstić information content (AvgIpc) is 2.36. The van der Waals surface area contributed by atoms with E-state index in [1.165, 1.54) is 6.07 Å². The average molecular weight is 266 g/mol. The van der Waals surface area contributed by atoms with Gasteiger partial charge >= 0.3 is 0 Å². The molecule has 0 atom stereocenters. The maximum Gasteiger partial charge on any atom is 0.220 e. The molecule has 0 saturated heterocycles. The molecule has 0 radical (unpaired) electrons. The SMILES string of the molecule is Cc1ccc(CNC(=O)CCCNC(C)C)cc1F. The van der Waals surface area contributed by atoms with E-state index in [4.69, 9.17) is 0 Å². The summed E-state index contributed by atoms with van der Waals surface area (Å²) >= 11 is 0. The summed E-state index contributed by atoms with van der Waals surface area (Å²) in [5, 5.41) is 6.06. The summed E-state index contributed by atoms with van der Waals surface area (Å²) in [4.78, 5) is 11.6. The first-order chi connectivity index (χ1) is 8.99. The highest BCUT2D eigenvalue weighted by atomic mass is 19.1. The zero-order valence-corrected chi connectivity index (χ0v) is 11.9. The standard InChI is InChI=1S/C15H23FN2O/c1-11(2)17-8-4-5-15(19)18-10-13-7-6-12(3)14(16)9-13/h6-7,9,11,17H,4-5,8,10H2,1-3H3,(H,18,19). The zero-order chi connectivity index (χ0) is 14.3. The van der Waals surface area contributed by atoms with Crippen LogP contribution in [-0.4, -0.2) is 18.5 Å². The van der Waals surface area contributed by atoms with Crippen LogP contribution >= 0.6 is 0 Å². The number of rotatable bonds is 7. The molecular weight excluding hydrogens is 243 g/mol. The van der Waals surface area contributed by atoms with Gasteiger partial charge in [-0.25, -0.2) is 4.39 Å². The van der Waals surface area contributed by atoms with Gasteiger partial charge in [0, 0.05) is 19.0 Å². The maximum atomic E-state index is 13.3. The van der Waals surface area contributed by atoms with E-state index in [1.807, 2.05) is 6.07 Å². The van der Waals surface area contributed by atoms with E-state index in [0.29, 0.717) is 24.6 Å². The van der Waals surface area contributed by atoms with Crippen molar-refractivity contribution in [3.63, 3.8) is 0 Å². The molecule has 0 aromatic heterocycles. The Balaban J connectivity index is 2.24. The lowest BCUT2D eigenvalue weighted by Gasteiger charge is -2.08. The van der Waals surface area contributed by atoms with Crippen LogP contribution in [0.1, 0.15) is 37.8 Å². The van der Waals surface area contributed by atoms with Gasteiger partial charge in [0.1, 0.15) is 5.82 Å². The van der Waals surface area contributed by atoms with Crippen molar-refractivity contribution < 1.29 is 9.18 Å². The molecule has 1 aromatic carbocycles. The number of aryl methyl sites for hydroxylation is 1. The lowest BCUT2D eigenvalue weighted by Crippen LogP contribution is -2.27. The van der Waals surface area contributed by atoms with E-state index in [2.05, 4.69) is 24.5 Å². The fourth-order valence-electron chi connectivity index (χ4n) is 1.68. The summed E-state index contributed by atoms with van der Waals surface area (Å²) in [5.74, 6) is -0.223. The summed E-state index contributed by atoms with van der Waals surface area (Å²) in [7, 11) is 0. The molecule has 1 rings (SSSR count). The Morgan fingerprint density at radius 2 is 2.11 bits per heavy atom. The second-order valence-electron chi connectivity index (χ2n) is 5.07. The Morgan fingerprint density at radius 3 is 2.74 bits per heavy atom. The van der Waals surface area contributed by atoms with Crippen molar-refractivity contribution in [2.75, 3.05) is 6.54 Å². The number of carbonyl (C=O) groups excluding carboxylic acids is 1. The second kappa shape index (κ2) is 7.89. The van der Waals surface area contributed by atoms with Gasteiger partial charge in [0.15, 0.2) is 0 Å². The molecule has 4 heteroatoms. The van der Waals surface area contributed by atoms with Crippen molar-refractivity contribution in [1.29, 1.82) is 0 Å². The van der Waals surface area contributed by atoms with Gasteiger partial charge in [-0.3, -0.25) is 4.79 Å². The summed E-state index contributed by atoms with van der Waals surface area (Å²) in [6, 6.07) is 5.47. The first-order valence-corrected chi connectivity index (χ1v) is 6.74. The van der Waals surface area contributed by atoms with E-state index < -0.39 is 0 Å². The van der Waals surface area contributed by atoms with E-state index in [1.54, 1.807) is 13.0 Å². The van der Waals surface area contributed by atoms with Gasteiger partial charge in [0.2, 0.25) is 5.91 Å². The Hall–Kier alpha value is -1.42. The highest BCUT2D eigenvalue weighted by molar-refractivity contribution is 5.75. The number of hydrogen-bond acceptors (Lipinski definition) is 2. The van der Waals surface area contributed by atoms with Crippen molar-refractivity contribution in [1.82, 2.24) is 10.6 Å². The summed E-state index contributed by atoms with van der Waals surface area (Å²) in [6.07, 6.45) is 1.31. The molecule has 106 valence electrons. The number of amides is 1. The van der Waals surface area contributed by atoms with Crippen molar-refractivity contribution in [3.05, 3.63) is 35.1 Å². The fraction of sp³-hybridized carbons (Fsp3) is 0.533. The number of hydrogen-bond donors (Lipinski definition) is 2. The van der Waals surface area contributed by atoms with Crippen molar-refractivity contribution in [2.45, 2.75) is 46.2 Å². The summed E-state index contributed by atoms with van der Waals surface area (Å²) < 4.78 is 13.3.